The third kappa shape index (κ3) is 3.84. The van der Waals surface area contributed by atoms with E-state index in [1.54, 1.807) is 0 Å². The number of rotatable bonds is 4. The van der Waals surface area contributed by atoms with Crippen molar-refractivity contribution in [3.05, 3.63) is 47.2 Å². The molecular weight excluding hydrogens is 293 g/mol. The molecule has 0 radical (unpaired) electrons. The lowest BCUT2D eigenvalue weighted by Gasteiger charge is -2.08. The van der Waals surface area contributed by atoms with Crippen LogP contribution in [0.2, 0.25) is 19.6 Å². The smallest absolute Gasteiger partial charge is 0.303 e. The van der Waals surface area contributed by atoms with Gasteiger partial charge in [-0.25, -0.2) is 0 Å². The van der Waals surface area contributed by atoms with E-state index in [0.29, 0.717) is 0 Å². The molecule has 2 rings (SSSR count). The van der Waals surface area contributed by atoms with E-state index in [2.05, 4.69) is 31.4 Å². The lowest BCUT2D eigenvalue weighted by molar-refractivity contribution is -0.137. The first-order valence-electron chi connectivity index (χ1n) is 6.95. The maximum Gasteiger partial charge on any atom is 0.416 e. The number of hydrogen-bond donors (Lipinski definition) is 0. The van der Waals surface area contributed by atoms with Gasteiger partial charge in [-0.1, -0.05) is 43.5 Å². The summed E-state index contributed by atoms with van der Waals surface area (Å²) >= 11 is 0. The Hall–Kier alpha value is -1.36. The van der Waals surface area contributed by atoms with Gasteiger partial charge in [0.25, 0.3) is 0 Å². The van der Waals surface area contributed by atoms with Crippen molar-refractivity contribution in [2.75, 3.05) is 0 Å². The van der Waals surface area contributed by atoms with Gasteiger partial charge in [-0.15, -0.1) is 0 Å². The molecule has 3 atom stereocenters. The van der Waals surface area contributed by atoms with Crippen LogP contribution in [-0.2, 0) is 11.0 Å². The Bertz CT molecular complexity index is 540. The zero-order valence-electron chi connectivity index (χ0n) is 12.3. The van der Waals surface area contributed by atoms with Crippen molar-refractivity contribution in [1.29, 1.82) is 0 Å². The second kappa shape index (κ2) is 5.44. The highest BCUT2D eigenvalue weighted by atomic mass is 28.3. The highest BCUT2D eigenvalue weighted by Crippen LogP contribution is 2.54. The van der Waals surface area contributed by atoms with Gasteiger partial charge in [0, 0.05) is 11.8 Å². The lowest BCUT2D eigenvalue weighted by Crippen LogP contribution is -2.15. The average molecular weight is 312 g/mol. The minimum atomic E-state index is -4.32. The van der Waals surface area contributed by atoms with Crippen LogP contribution >= 0.6 is 0 Å². The zero-order valence-corrected chi connectivity index (χ0v) is 13.3. The van der Waals surface area contributed by atoms with Crippen LogP contribution in [-0.4, -0.2) is 14.4 Å². The van der Waals surface area contributed by atoms with E-state index in [1.165, 1.54) is 12.1 Å². The molecule has 1 aliphatic rings. The van der Waals surface area contributed by atoms with Crippen LogP contribution in [0.25, 0.3) is 0 Å². The average Bonchev–Trinajstić information content (AvgIpc) is 3.08. The minimum Gasteiger partial charge on any atom is -0.303 e. The molecule has 0 aromatic heterocycles. The van der Waals surface area contributed by atoms with Gasteiger partial charge in [-0.3, -0.25) is 0 Å². The number of carbonyl (C=O) groups is 1. The van der Waals surface area contributed by atoms with Gasteiger partial charge >= 0.3 is 6.18 Å². The van der Waals surface area contributed by atoms with Crippen molar-refractivity contribution in [1.82, 2.24) is 0 Å². The number of benzene rings is 1. The van der Waals surface area contributed by atoms with E-state index in [1.807, 2.05) is 0 Å². The maximum atomic E-state index is 12.5. The summed E-state index contributed by atoms with van der Waals surface area (Å²) in [5.41, 5.74) is 2.35. The Morgan fingerprint density at radius 1 is 1.05 bits per heavy atom. The van der Waals surface area contributed by atoms with Gasteiger partial charge in [0.2, 0.25) is 0 Å². The molecule has 1 saturated carbocycles. The van der Waals surface area contributed by atoms with E-state index in [4.69, 9.17) is 0 Å². The first-order chi connectivity index (χ1) is 9.63. The Balaban J connectivity index is 2.15. The molecule has 0 amide bonds. The van der Waals surface area contributed by atoms with Crippen LogP contribution in [0.3, 0.4) is 0 Å². The molecule has 1 fully saturated rings. The molecule has 1 aromatic rings. The third-order valence-electron chi connectivity index (χ3n) is 3.73. The molecule has 0 bridgehead atoms. The Morgan fingerprint density at radius 2 is 1.62 bits per heavy atom. The van der Waals surface area contributed by atoms with Crippen LogP contribution in [0.1, 0.15) is 17.0 Å². The molecule has 114 valence electrons. The fourth-order valence-electron chi connectivity index (χ4n) is 2.52. The standard InChI is InChI=1S/C16H19F3OSi/c1-21(2,3)9-8-13-14(10-20)15(13)11-4-6-12(7-5-11)16(17,18)19/h4-10,13-15H,1-3H3/b9-8+/t13-,14+,15+/m1/s1. The van der Waals surface area contributed by atoms with E-state index >= 15 is 0 Å². The first kappa shape index (κ1) is 16.0. The van der Waals surface area contributed by atoms with Gasteiger partial charge in [-0.2, -0.15) is 13.2 Å². The van der Waals surface area contributed by atoms with Gasteiger partial charge in [0.1, 0.15) is 6.29 Å². The molecule has 1 aromatic carbocycles. The summed E-state index contributed by atoms with van der Waals surface area (Å²) in [6.07, 6.45) is -1.32. The van der Waals surface area contributed by atoms with Crippen molar-refractivity contribution in [2.45, 2.75) is 31.7 Å². The first-order valence-corrected chi connectivity index (χ1v) is 10.5. The predicted molar refractivity (Wildman–Crippen MR) is 79.7 cm³/mol. The molecule has 0 unspecified atom stereocenters. The van der Waals surface area contributed by atoms with Crippen LogP contribution in [0.5, 0.6) is 0 Å². The Morgan fingerprint density at radius 3 is 2.05 bits per heavy atom. The van der Waals surface area contributed by atoms with Crippen molar-refractivity contribution in [3.8, 4) is 0 Å². The van der Waals surface area contributed by atoms with E-state index in [9.17, 15) is 18.0 Å². The number of carbonyl (C=O) groups excluding carboxylic acids is 1. The quantitative estimate of drug-likeness (QED) is 0.583. The second-order valence-electron chi connectivity index (χ2n) is 6.66. The maximum absolute atomic E-state index is 12.5. The van der Waals surface area contributed by atoms with Gasteiger partial charge in [0.05, 0.1) is 13.6 Å². The van der Waals surface area contributed by atoms with E-state index in [0.717, 1.165) is 24.0 Å². The van der Waals surface area contributed by atoms with Gasteiger partial charge in [-0.05, 0) is 23.6 Å². The molecule has 1 nitrogen and oxygen atoms in total. The number of halogens is 3. The number of allylic oxidation sites excluding steroid dienone is 1. The molecule has 0 N–H and O–H groups in total. The molecule has 0 aliphatic heterocycles. The van der Waals surface area contributed by atoms with Crippen molar-refractivity contribution in [3.63, 3.8) is 0 Å². The van der Waals surface area contributed by atoms with Crippen molar-refractivity contribution < 1.29 is 18.0 Å². The fraction of sp³-hybridized carbons (Fsp3) is 0.438. The second-order valence-corrected chi connectivity index (χ2v) is 11.7. The van der Waals surface area contributed by atoms with Crippen LogP contribution < -0.4 is 0 Å². The zero-order chi connectivity index (χ0) is 15.8. The molecule has 0 heterocycles. The fourth-order valence-corrected chi connectivity index (χ4v) is 3.32. The van der Waals surface area contributed by atoms with E-state index < -0.39 is 19.8 Å². The summed E-state index contributed by atoms with van der Waals surface area (Å²) in [7, 11) is -1.33. The van der Waals surface area contributed by atoms with E-state index in [-0.39, 0.29) is 17.8 Å². The molecule has 5 heteroatoms. The number of hydrogen-bond acceptors (Lipinski definition) is 1. The summed E-state index contributed by atoms with van der Waals surface area (Å²) in [4.78, 5) is 11.1. The highest BCUT2D eigenvalue weighted by molar-refractivity contribution is 6.80. The summed E-state index contributed by atoms with van der Waals surface area (Å²) in [5.74, 6) is 0.0534. The van der Waals surface area contributed by atoms with Crippen LogP contribution in [0.15, 0.2) is 36.0 Å². The third-order valence-corrected chi connectivity index (χ3v) is 4.92. The number of alkyl halides is 3. The SMILES string of the molecule is C[Si](C)(C)/C=C/[C@@H]1[C@H](C=O)[C@H]1c1ccc(C(F)(F)F)cc1. The van der Waals surface area contributed by atoms with Crippen LogP contribution in [0.4, 0.5) is 13.2 Å². The molecule has 1 aliphatic carbocycles. The van der Waals surface area contributed by atoms with Gasteiger partial charge < -0.3 is 4.79 Å². The monoisotopic (exact) mass is 312 g/mol. The lowest BCUT2D eigenvalue weighted by atomic mass is 10.1. The topological polar surface area (TPSA) is 17.1 Å². The van der Waals surface area contributed by atoms with Gasteiger partial charge in [0.15, 0.2) is 0 Å². The number of aldehydes is 1. The Kier molecular flexibility index (Phi) is 4.15. The molecule has 0 spiro atoms. The molecular formula is C16H19F3OSi. The minimum absolute atomic E-state index is 0.0254. The summed E-state index contributed by atoms with van der Waals surface area (Å²) in [5, 5.41) is 0. The summed E-state index contributed by atoms with van der Waals surface area (Å²) in [6.45, 7) is 6.61. The summed E-state index contributed by atoms with van der Waals surface area (Å²) in [6, 6.07) is 5.17. The molecule has 0 saturated heterocycles. The van der Waals surface area contributed by atoms with Crippen LogP contribution in [0, 0.1) is 11.8 Å². The molecule has 21 heavy (non-hydrogen) atoms. The predicted octanol–water partition coefficient (Wildman–Crippen LogP) is 4.67. The normalized spacial score (nSPS) is 26.1. The highest BCUT2D eigenvalue weighted by Gasteiger charge is 2.49. The largest absolute Gasteiger partial charge is 0.416 e. The summed E-state index contributed by atoms with van der Waals surface area (Å²) < 4.78 is 37.6. The van der Waals surface area contributed by atoms with Crippen molar-refractivity contribution >= 4 is 14.4 Å². The Labute approximate surface area is 123 Å². The van der Waals surface area contributed by atoms with Crippen molar-refractivity contribution in [2.24, 2.45) is 11.8 Å².